The summed E-state index contributed by atoms with van der Waals surface area (Å²) in [5.41, 5.74) is 5.15. The van der Waals surface area contributed by atoms with Crippen molar-refractivity contribution in [3.63, 3.8) is 0 Å². The number of hydrogen-bond donors (Lipinski definition) is 4. The van der Waals surface area contributed by atoms with Crippen LogP contribution in [0.4, 0.5) is 5.69 Å². The molecule has 4 fully saturated rings. The normalized spacial score (nSPS) is 26.6. The molecule has 2 amide bonds. The van der Waals surface area contributed by atoms with Crippen molar-refractivity contribution < 1.29 is 29.4 Å². The third-order valence-corrected chi connectivity index (χ3v) is 12.9. The molecule has 0 unspecified atom stereocenters. The second-order valence-corrected chi connectivity index (χ2v) is 17.5. The van der Waals surface area contributed by atoms with Crippen molar-refractivity contribution in [2.24, 2.45) is 29.1 Å². The molecule has 1 heterocycles. The highest BCUT2D eigenvalue weighted by Crippen LogP contribution is 2.61. The summed E-state index contributed by atoms with van der Waals surface area (Å²) in [5, 5.41) is 29.6. The predicted octanol–water partition coefficient (Wildman–Crippen LogP) is 4.99. The van der Waals surface area contributed by atoms with Gasteiger partial charge in [0, 0.05) is 61.0 Å². The van der Waals surface area contributed by atoms with Gasteiger partial charge in [0.15, 0.2) is 0 Å². The predicted molar refractivity (Wildman–Crippen MR) is 220 cm³/mol. The smallest absolute Gasteiger partial charge is 0.251 e. The van der Waals surface area contributed by atoms with Crippen LogP contribution in [0.25, 0.3) is 11.1 Å². The minimum Gasteiger partial charge on any atom is -0.496 e. The van der Waals surface area contributed by atoms with Crippen LogP contribution in [0.3, 0.4) is 0 Å². The van der Waals surface area contributed by atoms with Crippen molar-refractivity contribution >= 4 is 17.5 Å². The lowest BCUT2D eigenvalue weighted by atomic mass is 9.45. The van der Waals surface area contributed by atoms with Crippen molar-refractivity contribution in [2.45, 2.75) is 83.8 Å². The summed E-state index contributed by atoms with van der Waals surface area (Å²) in [6, 6.07) is 20.9. The Morgan fingerprint density at radius 1 is 1.04 bits per heavy atom. The lowest BCUT2D eigenvalue weighted by Gasteiger charge is -2.62. The van der Waals surface area contributed by atoms with Crippen LogP contribution < -0.4 is 20.3 Å². The number of aliphatic hydroxyl groups is 2. The van der Waals surface area contributed by atoms with E-state index in [1.807, 2.05) is 87.7 Å². The number of para-hydroxylation sites is 1. The number of methoxy groups -OCH3 is 1. The summed E-state index contributed by atoms with van der Waals surface area (Å²) in [6.45, 7) is 9.07. The standard InChI is InChI=1S/C45H63N5O6/c1-27-37-22-33(45(37,3)4)23-38(27)47-44(54)41-40(28(2)52)39(26-51)56-50(41)24-30-16-13-17-36(42(30)55-9)31-19-32(21-35(20-31)49(7)8)43(53)46-34(25-48(5)6)18-29-14-11-10-12-15-29/h10-17,19-21,27-28,33-34,37-41,51-52H,18,22-26H2,1-9H3,(H,46,53)(H,47,54)/t27-,28-,33+,34+,37-,38-,39-,40+,41-/m0/s1. The Kier molecular flexibility index (Phi) is 12.8. The molecule has 1 aliphatic heterocycles. The van der Waals surface area contributed by atoms with Crippen molar-refractivity contribution in [3.8, 4) is 16.9 Å². The molecule has 11 nitrogen and oxygen atoms in total. The number of hydroxylamine groups is 2. The number of nitrogens with zero attached hydrogens (tertiary/aromatic N) is 3. The number of likely N-dealkylation sites (N-methyl/N-ethyl adjacent to an activating group) is 1. The average Bonchev–Trinajstić information content (AvgIpc) is 3.53. The minimum absolute atomic E-state index is 0.0358. The second kappa shape index (κ2) is 17.2. The summed E-state index contributed by atoms with van der Waals surface area (Å²) in [6.07, 6.45) is 1.17. The maximum atomic E-state index is 14.3. The molecule has 56 heavy (non-hydrogen) atoms. The monoisotopic (exact) mass is 769 g/mol. The van der Waals surface area contributed by atoms with E-state index in [1.54, 1.807) is 19.1 Å². The van der Waals surface area contributed by atoms with Crippen molar-refractivity contribution in [1.82, 2.24) is 20.6 Å². The van der Waals surface area contributed by atoms with Crippen LogP contribution in [0.2, 0.25) is 0 Å². The molecule has 3 aromatic carbocycles. The number of anilines is 1. The maximum Gasteiger partial charge on any atom is 0.251 e. The van der Waals surface area contributed by atoms with Gasteiger partial charge in [-0.2, -0.15) is 5.06 Å². The first kappa shape index (κ1) is 41.6. The van der Waals surface area contributed by atoms with Crippen molar-refractivity contribution in [2.75, 3.05) is 53.4 Å². The quantitative estimate of drug-likeness (QED) is 0.169. The van der Waals surface area contributed by atoms with Gasteiger partial charge < -0.3 is 35.4 Å². The number of benzene rings is 3. The number of nitrogens with one attached hydrogen (secondary N) is 2. The summed E-state index contributed by atoms with van der Waals surface area (Å²) in [7, 11) is 9.52. The Labute approximate surface area is 333 Å². The van der Waals surface area contributed by atoms with Gasteiger partial charge in [-0.05, 0) is 92.8 Å². The number of rotatable bonds is 15. The molecule has 1 saturated heterocycles. The zero-order valence-corrected chi connectivity index (χ0v) is 34.7. The van der Waals surface area contributed by atoms with Gasteiger partial charge >= 0.3 is 0 Å². The van der Waals surface area contributed by atoms with Crippen molar-refractivity contribution in [1.29, 1.82) is 0 Å². The Morgan fingerprint density at radius 2 is 1.77 bits per heavy atom. The van der Waals surface area contributed by atoms with Gasteiger partial charge in [-0.25, -0.2) is 0 Å². The first-order valence-corrected chi connectivity index (χ1v) is 20.1. The van der Waals surface area contributed by atoms with E-state index < -0.39 is 24.2 Å². The average molecular weight is 770 g/mol. The highest BCUT2D eigenvalue weighted by atomic mass is 16.7. The van der Waals surface area contributed by atoms with E-state index in [1.165, 1.54) is 6.42 Å². The van der Waals surface area contributed by atoms with Crippen LogP contribution in [0, 0.1) is 29.1 Å². The van der Waals surface area contributed by atoms with E-state index in [2.05, 4.69) is 48.4 Å². The molecule has 11 heteroatoms. The Hall–Kier alpha value is -4.00. The number of aliphatic hydroxyl groups excluding tert-OH is 2. The van der Waals surface area contributed by atoms with Gasteiger partial charge in [0.25, 0.3) is 5.91 Å². The molecule has 4 aliphatic rings. The molecule has 0 aromatic heterocycles. The molecule has 4 N–H and O–H groups in total. The Morgan fingerprint density at radius 3 is 2.38 bits per heavy atom. The molecule has 3 aliphatic carbocycles. The highest BCUT2D eigenvalue weighted by Gasteiger charge is 2.57. The molecule has 3 saturated carbocycles. The minimum atomic E-state index is -0.902. The molecule has 9 atom stereocenters. The van der Waals surface area contributed by atoms with Gasteiger partial charge in [-0.15, -0.1) is 0 Å². The fourth-order valence-corrected chi connectivity index (χ4v) is 9.76. The summed E-state index contributed by atoms with van der Waals surface area (Å²) >= 11 is 0. The third-order valence-electron chi connectivity index (χ3n) is 12.9. The van der Waals surface area contributed by atoms with E-state index in [9.17, 15) is 19.8 Å². The van der Waals surface area contributed by atoms with Crippen LogP contribution in [0.1, 0.15) is 62.0 Å². The van der Waals surface area contributed by atoms with Gasteiger partial charge in [0.2, 0.25) is 5.91 Å². The van der Waals surface area contributed by atoms with E-state index in [4.69, 9.17) is 9.57 Å². The zero-order chi connectivity index (χ0) is 40.5. The fourth-order valence-electron chi connectivity index (χ4n) is 9.76. The van der Waals surface area contributed by atoms with Crippen LogP contribution in [0.5, 0.6) is 5.75 Å². The summed E-state index contributed by atoms with van der Waals surface area (Å²) in [4.78, 5) is 38.7. The van der Waals surface area contributed by atoms with Gasteiger partial charge in [-0.1, -0.05) is 69.3 Å². The van der Waals surface area contributed by atoms with Crippen LogP contribution >= 0.6 is 0 Å². The first-order chi connectivity index (χ1) is 26.6. The molecule has 304 valence electrons. The molecular weight excluding hydrogens is 707 g/mol. The van der Waals surface area contributed by atoms with Gasteiger partial charge in [0.1, 0.15) is 17.9 Å². The third kappa shape index (κ3) is 8.62. The molecule has 7 rings (SSSR count). The molecule has 0 spiro atoms. The largest absolute Gasteiger partial charge is 0.496 e. The number of fused-ring (bicyclic) bond motifs is 2. The first-order valence-electron chi connectivity index (χ1n) is 20.1. The molecular formula is C45H63N5O6. The van der Waals surface area contributed by atoms with Crippen LogP contribution in [-0.2, 0) is 22.6 Å². The molecule has 2 bridgehead atoms. The lowest BCUT2D eigenvalue weighted by Crippen LogP contribution is -2.62. The summed E-state index contributed by atoms with van der Waals surface area (Å²) in [5.74, 6) is 1.02. The zero-order valence-electron chi connectivity index (χ0n) is 34.7. The van der Waals surface area contributed by atoms with E-state index in [0.29, 0.717) is 42.0 Å². The van der Waals surface area contributed by atoms with E-state index >= 15 is 0 Å². The van der Waals surface area contributed by atoms with E-state index in [0.717, 1.165) is 34.4 Å². The Bertz CT molecular complexity index is 1830. The Balaban J connectivity index is 1.28. The molecule has 3 aromatic rings. The topological polar surface area (TPSA) is 127 Å². The summed E-state index contributed by atoms with van der Waals surface area (Å²) < 4.78 is 6.11. The SMILES string of the molecule is COc1c(CN2O[C@@H](CO)[C@@H]([C@H](C)O)[C@H]2C(=O)N[C@H]2C[C@H]3C[C@@H]([C@@H]2C)C3(C)C)cccc1-c1cc(C(=O)N[C@H](Cc2ccccc2)CN(C)C)cc(N(C)C)c1. The van der Waals surface area contributed by atoms with E-state index in [-0.39, 0.29) is 42.5 Å². The second-order valence-electron chi connectivity index (χ2n) is 17.5. The number of carbonyl (C=O) groups is 2. The molecule has 0 radical (unpaired) electrons. The van der Waals surface area contributed by atoms with Gasteiger partial charge in [-0.3, -0.25) is 14.4 Å². The van der Waals surface area contributed by atoms with Crippen LogP contribution in [-0.4, -0.2) is 111 Å². The maximum absolute atomic E-state index is 14.3. The van der Waals surface area contributed by atoms with Gasteiger partial charge in [0.05, 0.1) is 26.4 Å². The fraction of sp³-hybridized carbons (Fsp3) is 0.556. The number of hydrogen-bond acceptors (Lipinski definition) is 9. The number of carbonyl (C=O) groups excluding carboxylic acids is 2. The lowest BCUT2D eigenvalue weighted by molar-refractivity contribution is -0.183. The highest BCUT2D eigenvalue weighted by molar-refractivity contribution is 5.97. The van der Waals surface area contributed by atoms with Crippen LogP contribution in [0.15, 0.2) is 66.7 Å². The number of amides is 2. The van der Waals surface area contributed by atoms with Crippen molar-refractivity contribution in [3.05, 3.63) is 83.4 Å². The number of ether oxygens (including phenoxy) is 1.